The molecule has 5 nitrogen and oxygen atoms in total. The molecule has 0 radical (unpaired) electrons. The lowest BCUT2D eigenvalue weighted by atomic mass is 9.91. The Morgan fingerprint density at radius 1 is 1.14 bits per heavy atom. The summed E-state index contributed by atoms with van der Waals surface area (Å²) in [5.74, 6) is 0.0961. The van der Waals surface area contributed by atoms with Crippen molar-refractivity contribution >= 4 is 21.4 Å². The number of benzene rings is 1. The summed E-state index contributed by atoms with van der Waals surface area (Å²) in [7, 11) is -3.23. The molecule has 0 aromatic heterocycles. The second-order valence-electron chi connectivity index (χ2n) is 5.88. The highest BCUT2D eigenvalue weighted by Gasteiger charge is 2.23. The molecule has 0 bridgehead atoms. The maximum Gasteiger partial charge on any atom is 0.219 e. The Kier molecular flexibility index (Phi) is 5.45. The lowest BCUT2D eigenvalue weighted by Gasteiger charge is -2.30. The van der Waals surface area contributed by atoms with E-state index >= 15 is 0 Å². The van der Waals surface area contributed by atoms with E-state index in [2.05, 4.69) is 10.6 Å². The summed E-state index contributed by atoms with van der Waals surface area (Å²) in [5, 5.41) is 6.38. The third-order valence-electron chi connectivity index (χ3n) is 4.06. The first-order valence-electron chi connectivity index (χ1n) is 7.75. The number of nitrogens with one attached hydrogen (secondary N) is 2. The van der Waals surface area contributed by atoms with Crippen molar-refractivity contribution in [2.45, 2.75) is 56.0 Å². The quantitative estimate of drug-likeness (QED) is 0.872. The second-order valence-corrected chi connectivity index (χ2v) is 7.87. The molecular formula is C16H24N2O3S. The van der Waals surface area contributed by atoms with Crippen LogP contribution in [-0.4, -0.2) is 32.7 Å². The van der Waals surface area contributed by atoms with E-state index in [1.165, 1.54) is 6.26 Å². The van der Waals surface area contributed by atoms with Crippen molar-refractivity contribution in [3.8, 4) is 0 Å². The number of para-hydroxylation sites is 1. The van der Waals surface area contributed by atoms with Crippen molar-refractivity contribution < 1.29 is 13.2 Å². The van der Waals surface area contributed by atoms with Gasteiger partial charge in [-0.1, -0.05) is 19.1 Å². The van der Waals surface area contributed by atoms with Crippen molar-refractivity contribution in [3.05, 3.63) is 24.3 Å². The lowest BCUT2D eigenvalue weighted by Crippen LogP contribution is -2.39. The molecule has 2 rings (SSSR count). The number of carbonyl (C=O) groups excluding carboxylic acids is 1. The molecule has 0 atom stereocenters. The van der Waals surface area contributed by atoms with Crippen molar-refractivity contribution in [3.63, 3.8) is 0 Å². The number of anilines is 1. The Morgan fingerprint density at radius 2 is 1.73 bits per heavy atom. The third kappa shape index (κ3) is 4.47. The summed E-state index contributed by atoms with van der Waals surface area (Å²) in [6, 6.07) is 7.50. The van der Waals surface area contributed by atoms with E-state index in [0.717, 1.165) is 25.7 Å². The molecule has 1 aliphatic carbocycles. The summed E-state index contributed by atoms with van der Waals surface area (Å²) in [6.45, 7) is 1.85. The van der Waals surface area contributed by atoms with Gasteiger partial charge in [0.15, 0.2) is 9.84 Å². The fourth-order valence-electron chi connectivity index (χ4n) is 2.84. The first kappa shape index (κ1) is 16.8. The van der Waals surface area contributed by atoms with E-state index in [4.69, 9.17) is 0 Å². The van der Waals surface area contributed by atoms with Crippen LogP contribution in [0.15, 0.2) is 29.2 Å². The monoisotopic (exact) mass is 324 g/mol. The maximum atomic E-state index is 11.8. The average molecular weight is 324 g/mol. The zero-order chi connectivity index (χ0) is 16.2. The van der Waals surface area contributed by atoms with E-state index in [0.29, 0.717) is 17.0 Å². The molecule has 1 amide bonds. The highest BCUT2D eigenvalue weighted by molar-refractivity contribution is 7.90. The summed E-state index contributed by atoms with van der Waals surface area (Å²) in [4.78, 5) is 11.8. The molecule has 0 saturated heterocycles. The number of rotatable bonds is 5. The first-order chi connectivity index (χ1) is 10.4. The molecule has 0 spiro atoms. The van der Waals surface area contributed by atoms with Crippen LogP contribution in [0.2, 0.25) is 0 Å². The second kappa shape index (κ2) is 7.13. The Hall–Kier alpha value is -1.56. The van der Waals surface area contributed by atoms with Crippen LogP contribution in [-0.2, 0) is 14.6 Å². The predicted octanol–water partition coefficient (Wildman–Crippen LogP) is 2.34. The van der Waals surface area contributed by atoms with E-state index in [1.807, 2.05) is 13.0 Å². The smallest absolute Gasteiger partial charge is 0.219 e. The molecule has 22 heavy (non-hydrogen) atoms. The number of hydrogen-bond acceptors (Lipinski definition) is 4. The molecule has 1 aromatic carbocycles. The normalized spacial score (nSPS) is 22.1. The zero-order valence-corrected chi connectivity index (χ0v) is 13.9. The zero-order valence-electron chi connectivity index (χ0n) is 13.1. The minimum absolute atomic E-state index is 0.0961. The molecule has 0 unspecified atom stereocenters. The van der Waals surface area contributed by atoms with Crippen LogP contribution in [0.5, 0.6) is 0 Å². The van der Waals surface area contributed by atoms with E-state index < -0.39 is 9.84 Å². The van der Waals surface area contributed by atoms with Gasteiger partial charge in [0.1, 0.15) is 0 Å². The number of sulfone groups is 1. The van der Waals surface area contributed by atoms with Crippen molar-refractivity contribution in [1.29, 1.82) is 0 Å². The summed E-state index contributed by atoms with van der Waals surface area (Å²) >= 11 is 0. The molecule has 6 heteroatoms. The molecule has 1 saturated carbocycles. The molecular weight excluding hydrogens is 300 g/mol. The van der Waals surface area contributed by atoms with Gasteiger partial charge in [-0.25, -0.2) is 8.42 Å². The van der Waals surface area contributed by atoms with Crippen molar-refractivity contribution in [2.75, 3.05) is 11.6 Å². The lowest BCUT2D eigenvalue weighted by molar-refractivity contribution is -0.121. The molecule has 1 aliphatic rings. The highest BCUT2D eigenvalue weighted by Crippen LogP contribution is 2.26. The highest BCUT2D eigenvalue weighted by atomic mass is 32.2. The molecule has 1 aromatic rings. The number of hydrogen-bond donors (Lipinski definition) is 2. The first-order valence-corrected chi connectivity index (χ1v) is 9.64. The standard InChI is InChI=1S/C16H24N2O3S/c1-3-16(19)18-13-10-8-12(9-11-13)17-14-6-4-5-7-15(14)22(2,20)21/h4-7,12-13,17H,3,8-11H2,1-2H3,(H,18,19). The topological polar surface area (TPSA) is 75.3 Å². The fraction of sp³-hybridized carbons (Fsp3) is 0.562. The van der Waals surface area contributed by atoms with Crippen LogP contribution >= 0.6 is 0 Å². The van der Waals surface area contributed by atoms with Gasteiger partial charge in [0, 0.05) is 24.8 Å². The summed E-state index contributed by atoms with van der Waals surface area (Å²) < 4.78 is 23.6. The molecule has 0 aliphatic heterocycles. The van der Waals surface area contributed by atoms with Crippen LogP contribution in [0.25, 0.3) is 0 Å². The molecule has 1 fully saturated rings. The minimum Gasteiger partial charge on any atom is -0.381 e. The maximum absolute atomic E-state index is 11.8. The van der Waals surface area contributed by atoms with E-state index in [-0.39, 0.29) is 18.0 Å². The van der Waals surface area contributed by atoms with Crippen LogP contribution in [0.4, 0.5) is 5.69 Å². The Balaban J connectivity index is 1.96. The fourth-order valence-corrected chi connectivity index (χ4v) is 3.69. The minimum atomic E-state index is -3.23. The largest absolute Gasteiger partial charge is 0.381 e. The van der Waals surface area contributed by atoms with Gasteiger partial charge in [0.2, 0.25) is 5.91 Å². The number of carbonyl (C=O) groups is 1. The van der Waals surface area contributed by atoms with Crippen LogP contribution in [0.3, 0.4) is 0 Å². The van der Waals surface area contributed by atoms with Crippen LogP contribution in [0, 0.1) is 0 Å². The molecule has 2 N–H and O–H groups in total. The number of amides is 1. The molecule has 122 valence electrons. The summed E-state index contributed by atoms with van der Waals surface area (Å²) in [6.07, 6.45) is 5.43. The Labute approximate surface area is 132 Å². The van der Waals surface area contributed by atoms with Gasteiger partial charge in [-0.05, 0) is 37.8 Å². The van der Waals surface area contributed by atoms with Gasteiger partial charge < -0.3 is 10.6 Å². The predicted molar refractivity (Wildman–Crippen MR) is 87.7 cm³/mol. The third-order valence-corrected chi connectivity index (χ3v) is 5.21. The van der Waals surface area contributed by atoms with Gasteiger partial charge >= 0.3 is 0 Å². The molecule has 0 heterocycles. The Morgan fingerprint density at radius 3 is 2.32 bits per heavy atom. The van der Waals surface area contributed by atoms with Crippen molar-refractivity contribution in [2.24, 2.45) is 0 Å². The van der Waals surface area contributed by atoms with Crippen LogP contribution < -0.4 is 10.6 Å². The Bertz CT molecular complexity index is 620. The van der Waals surface area contributed by atoms with Crippen LogP contribution in [0.1, 0.15) is 39.0 Å². The van der Waals surface area contributed by atoms with Gasteiger partial charge in [-0.3, -0.25) is 4.79 Å². The SMILES string of the molecule is CCC(=O)NC1CCC(Nc2ccccc2S(C)(=O)=O)CC1. The van der Waals surface area contributed by atoms with E-state index in [1.54, 1.807) is 18.2 Å². The average Bonchev–Trinajstić information content (AvgIpc) is 2.48. The summed E-state index contributed by atoms with van der Waals surface area (Å²) in [5.41, 5.74) is 0.672. The van der Waals surface area contributed by atoms with Crippen molar-refractivity contribution in [1.82, 2.24) is 5.32 Å². The van der Waals surface area contributed by atoms with Gasteiger partial charge in [0.05, 0.1) is 10.6 Å². The van der Waals surface area contributed by atoms with Gasteiger partial charge in [-0.2, -0.15) is 0 Å². The van der Waals surface area contributed by atoms with Gasteiger partial charge in [-0.15, -0.1) is 0 Å². The van der Waals surface area contributed by atoms with E-state index in [9.17, 15) is 13.2 Å². The van der Waals surface area contributed by atoms with Gasteiger partial charge in [0.25, 0.3) is 0 Å².